The van der Waals surface area contributed by atoms with Gasteiger partial charge in [-0.1, -0.05) is 54.8 Å². The van der Waals surface area contributed by atoms with Crippen molar-refractivity contribution in [1.29, 1.82) is 0 Å². The molecule has 1 aliphatic carbocycles. The topological polar surface area (TPSA) is 49.4 Å². The van der Waals surface area contributed by atoms with Crippen LogP contribution in [0.15, 0.2) is 48.5 Å². The Morgan fingerprint density at radius 1 is 1.03 bits per heavy atom. The highest BCUT2D eigenvalue weighted by Gasteiger charge is 2.28. The molecule has 4 heteroatoms. The molecule has 0 heterocycles. The minimum Gasteiger partial charge on any atom is -0.354 e. The van der Waals surface area contributed by atoms with Gasteiger partial charge >= 0.3 is 0 Å². The number of benzene rings is 2. The van der Waals surface area contributed by atoms with Crippen LogP contribution in [0.1, 0.15) is 56.2 Å². The molecule has 2 aromatic rings. The molecule has 0 atom stereocenters. The lowest BCUT2D eigenvalue weighted by Gasteiger charge is -2.26. The van der Waals surface area contributed by atoms with Gasteiger partial charge in [0.1, 0.15) is 0 Å². The molecule has 0 aliphatic heterocycles. The first-order chi connectivity index (χ1) is 13.9. The SMILES string of the molecule is Cc1cccc(CN(C(=O)C2CCCC2)c2ccc(CC(=O)NC(C)C)cc2)c1. The van der Waals surface area contributed by atoms with Crippen molar-refractivity contribution in [3.63, 3.8) is 0 Å². The van der Waals surface area contributed by atoms with Gasteiger partial charge in [0.15, 0.2) is 0 Å². The molecular formula is C25H32N2O2. The lowest BCUT2D eigenvalue weighted by Crippen LogP contribution is -2.35. The van der Waals surface area contributed by atoms with Gasteiger partial charge in [0.05, 0.1) is 13.0 Å². The lowest BCUT2D eigenvalue weighted by atomic mass is 10.0. The van der Waals surface area contributed by atoms with Gasteiger partial charge in [-0.05, 0) is 56.9 Å². The quantitative estimate of drug-likeness (QED) is 0.737. The lowest BCUT2D eigenvalue weighted by molar-refractivity contribution is -0.122. The first-order valence-electron chi connectivity index (χ1n) is 10.7. The van der Waals surface area contributed by atoms with Crippen LogP contribution < -0.4 is 10.2 Å². The second-order valence-corrected chi connectivity index (χ2v) is 8.46. The number of rotatable bonds is 7. The Morgan fingerprint density at radius 3 is 2.34 bits per heavy atom. The Kier molecular flexibility index (Phi) is 7.08. The Bertz CT molecular complexity index is 836. The second kappa shape index (κ2) is 9.73. The number of nitrogens with one attached hydrogen (secondary N) is 1. The standard InChI is InChI=1S/C25H32N2O2/c1-18(2)26-24(28)16-20-11-13-23(14-12-20)27(25(29)22-9-4-5-10-22)17-21-8-6-7-19(3)15-21/h6-8,11-15,18,22H,4-5,9-10,16-17H2,1-3H3,(H,26,28). The number of carbonyl (C=O) groups excluding carboxylic acids is 2. The molecule has 0 bridgehead atoms. The minimum absolute atomic E-state index is 0.0198. The average molecular weight is 393 g/mol. The fourth-order valence-corrected chi connectivity index (χ4v) is 4.03. The molecule has 154 valence electrons. The fraction of sp³-hybridized carbons (Fsp3) is 0.440. The van der Waals surface area contributed by atoms with Gasteiger partial charge in [0, 0.05) is 17.6 Å². The summed E-state index contributed by atoms with van der Waals surface area (Å²) in [5.41, 5.74) is 4.19. The molecule has 1 N–H and O–H groups in total. The van der Waals surface area contributed by atoms with E-state index in [1.807, 2.05) is 49.1 Å². The van der Waals surface area contributed by atoms with Crippen molar-refractivity contribution in [2.24, 2.45) is 5.92 Å². The summed E-state index contributed by atoms with van der Waals surface area (Å²) in [4.78, 5) is 27.2. The number of amides is 2. The van der Waals surface area contributed by atoms with Gasteiger partial charge in [-0.2, -0.15) is 0 Å². The Morgan fingerprint density at radius 2 is 1.72 bits per heavy atom. The Hall–Kier alpha value is -2.62. The van der Waals surface area contributed by atoms with Crippen LogP contribution in [0.2, 0.25) is 0 Å². The summed E-state index contributed by atoms with van der Waals surface area (Å²) in [7, 11) is 0. The summed E-state index contributed by atoms with van der Waals surface area (Å²) in [6.45, 7) is 6.56. The van der Waals surface area contributed by atoms with Gasteiger partial charge in [-0.15, -0.1) is 0 Å². The van der Waals surface area contributed by atoms with E-state index in [4.69, 9.17) is 0 Å². The number of nitrogens with zero attached hydrogens (tertiary/aromatic N) is 1. The molecule has 3 rings (SSSR count). The fourth-order valence-electron chi connectivity index (χ4n) is 4.03. The first kappa shape index (κ1) is 21.1. The van der Waals surface area contributed by atoms with E-state index in [2.05, 4.69) is 30.4 Å². The molecule has 2 amide bonds. The molecule has 0 aromatic heterocycles. The molecule has 4 nitrogen and oxygen atoms in total. The zero-order valence-electron chi connectivity index (χ0n) is 17.8. The Labute approximate surface area is 174 Å². The van der Waals surface area contributed by atoms with Crippen molar-refractivity contribution in [1.82, 2.24) is 5.32 Å². The number of aryl methyl sites for hydroxylation is 1. The summed E-state index contributed by atoms with van der Waals surface area (Å²) >= 11 is 0. The van der Waals surface area contributed by atoms with Crippen molar-refractivity contribution in [3.8, 4) is 0 Å². The molecule has 1 saturated carbocycles. The van der Waals surface area contributed by atoms with E-state index in [-0.39, 0.29) is 23.8 Å². The van der Waals surface area contributed by atoms with E-state index < -0.39 is 0 Å². The molecule has 29 heavy (non-hydrogen) atoms. The van der Waals surface area contributed by atoms with E-state index in [9.17, 15) is 9.59 Å². The third-order valence-corrected chi connectivity index (χ3v) is 5.46. The molecule has 0 radical (unpaired) electrons. The second-order valence-electron chi connectivity index (χ2n) is 8.46. The molecule has 0 unspecified atom stereocenters. The van der Waals surface area contributed by atoms with Crippen molar-refractivity contribution >= 4 is 17.5 Å². The van der Waals surface area contributed by atoms with Gasteiger partial charge in [0.25, 0.3) is 0 Å². The maximum absolute atomic E-state index is 13.3. The van der Waals surface area contributed by atoms with Crippen molar-refractivity contribution < 1.29 is 9.59 Å². The molecule has 0 spiro atoms. The number of carbonyl (C=O) groups is 2. The third kappa shape index (κ3) is 5.93. The summed E-state index contributed by atoms with van der Waals surface area (Å²) in [5.74, 6) is 0.358. The highest BCUT2D eigenvalue weighted by Crippen LogP contribution is 2.30. The van der Waals surface area contributed by atoms with Gasteiger partial charge in [-0.25, -0.2) is 0 Å². The van der Waals surface area contributed by atoms with Gasteiger partial charge in [-0.3, -0.25) is 9.59 Å². The van der Waals surface area contributed by atoms with E-state index in [1.165, 1.54) is 5.56 Å². The van der Waals surface area contributed by atoms with Crippen molar-refractivity contribution in [3.05, 3.63) is 65.2 Å². The van der Waals surface area contributed by atoms with Crippen LogP contribution in [0, 0.1) is 12.8 Å². The highest BCUT2D eigenvalue weighted by atomic mass is 16.2. The summed E-state index contributed by atoms with van der Waals surface area (Å²) in [6, 6.07) is 16.3. The molecule has 1 fully saturated rings. The Balaban J connectivity index is 1.79. The minimum atomic E-state index is 0.0198. The normalized spacial score (nSPS) is 14.2. The molecule has 1 aliphatic rings. The van der Waals surface area contributed by atoms with Crippen LogP contribution in [0.4, 0.5) is 5.69 Å². The van der Waals surface area contributed by atoms with Crippen LogP contribution >= 0.6 is 0 Å². The largest absolute Gasteiger partial charge is 0.354 e. The summed E-state index contributed by atoms with van der Waals surface area (Å²) in [6.07, 6.45) is 4.59. The van der Waals surface area contributed by atoms with Crippen molar-refractivity contribution in [2.45, 2.75) is 65.5 Å². The molecular weight excluding hydrogens is 360 g/mol. The van der Waals surface area contributed by atoms with E-state index in [1.54, 1.807) is 0 Å². The molecule has 0 saturated heterocycles. The van der Waals surface area contributed by atoms with Gasteiger partial charge < -0.3 is 10.2 Å². The predicted molar refractivity (Wildman–Crippen MR) is 118 cm³/mol. The number of anilines is 1. The highest BCUT2D eigenvalue weighted by molar-refractivity contribution is 5.95. The van der Waals surface area contributed by atoms with Crippen molar-refractivity contribution in [2.75, 3.05) is 4.90 Å². The van der Waals surface area contributed by atoms with E-state index in [0.29, 0.717) is 13.0 Å². The summed E-state index contributed by atoms with van der Waals surface area (Å²) in [5, 5.41) is 2.92. The maximum atomic E-state index is 13.3. The molecule has 2 aromatic carbocycles. The van der Waals surface area contributed by atoms with Crippen LogP contribution in [0.3, 0.4) is 0 Å². The van der Waals surface area contributed by atoms with E-state index >= 15 is 0 Å². The average Bonchev–Trinajstić information content (AvgIpc) is 3.20. The first-order valence-corrected chi connectivity index (χ1v) is 10.7. The zero-order valence-corrected chi connectivity index (χ0v) is 17.8. The monoisotopic (exact) mass is 392 g/mol. The summed E-state index contributed by atoms with van der Waals surface area (Å²) < 4.78 is 0. The van der Waals surface area contributed by atoms with Gasteiger partial charge in [0.2, 0.25) is 11.8 Å². The van der Waals surface area contributed by atoms with Crippen LogP contribution in [0.25, 0.3) is 0 Å². The van der Waals surface area contributed by atoms with Crippen LogP contribution in [-0.2, 0) is 22.6 Å². The third-order valence-electron chi connectivity index (χ3n) is 5.46. The van der Waals surface area contributed by atoms with Crippen LogP contribution in [0.5, 0.6) is 0 Å². The van der Waals surface area contributed by atoms with E-state index in [0.717, 1.165) is 42.5 Å². The maximum Gasteiger partial charge on any atom is 0.230 e. The zero-order chi connectivity index (χ0) is 20.8. The number of hydrogen-bond donors (Lipinski definition) is 1. The number of hydrogen-bond acceptors (Lipinski definition) is 2. The predicted octanol–water partition coefficient (Wildman–Crippen LogP) is 4.79. The smallest absolute Gasteiger partial charge is 0.230 e. The van der Waals surface area contributed by atoms with Crippen LogP contribution in [-0.4, -0.2) is 17.9 Å².